The van der Waals surface area contributed by atoms with Gasteiger partial charge in [-0.2, -0.15) is 0 Å². The van der Waals surface area contributed by atoms with Gasteiger partial charge < -0.3 is 4.74 Å². The van der Waals surface area contributed by atoms with Crippen LogP contribution in [-0.4, -0.2) is 12.4 Å². The summed E-state index contributed by atoms with van der Waals surface area (Å²) in [5, 5.41) is 0. The van der Waals surface area contributed by atoms with E-state index < -0.39 is 0 Å². The fourth-order valence-corrected chi connectivity index (χ4v) is 1.47. The lowest BCUT2D eigenvalue weighted by Crippen LogP contribution is -2.13. The molecule has 1 aliphatic rings. The van der Waals surface area contributed by atoms with Gasteiger partial charge in [-0.25, -0.2) is 0 Å². The highest BCUT2D eigenvalue weighted by Crippen LogP contribution is 2.22. The first-order valence-corrected chi connectivity index (χ1v) is 5.10. The van der Waals surface area contributed by atoms with Crippen LogP contribution in [0, 0.1) is 0 Å². The van der Waals surface area contributed by atoms with Crippen LogP contribution in [0.4, 0.5) is 0 Å². The third-order valence-corrected chi connectivity index (χ3v) is 2.32. The van der Waals surface area contributed by atoms with Crippen LogP contribution in [0.2, 0.25) is 0 Å². The molecule has 1 aliphatic carbocycles. The Morgan fingerprint density at radius 2 is 2.14 bits per heavy atom. The first-order chi connectivity index (χ1) is 6.61. The van der Waals surface area contributed by atoms with E-state index in [2.05, 4.69) is 0 Å². The Morgan fingerprint density at radius 1 is 1.43 bits per heavy atom. The van der Waals surface area contributed by atoms with E-state index in [9.17, 15) is 4.79 Å². The van der Waals surface area contributed by atoms with Crippen molar-refractivity contribution in [2.24, 2.45) is 0 Å². The first kappa shape index (κ1) is 11.0. The molecule has 0 amide bonds. The summed E-state index contributed by atoms with van der Waals surface area (Å²) < 4.78 is 5.47. The second-order valence-corrected chi connectivity index (χ2v) is 3.98. The molecule has 78 valence electrons. The Labute approximate surface area is 85.6 Å². The average Bonchev–Trinajstić information content (AvgIpc) is 2.09. The van der Waals surface area contributed by atoms with Gasteiger partial charge in [-0.1, -0.05) is 5.57 Å². The lowest BCUT2D eigenvalue weighted by molar-refractivity contribution is -0.119. The zero-order chi connectivity index (χ0) is 10.6. The molecular formula is C12H18O2. The van der Waals surface area contributed by atoms with Gasteiger partial charge in [0.25, 0.3) is 0 Å². The van der Waals surface area contributed by atoms with E-state index in [1.54, 1.807) is 0 Å². The van der Waals surface area contributed by atoms with Crippen molar-refractivity contribution >= 4 is 5.78 Å². The second-order valence-electron chi connectivity index (χ2n) is 3.98. The summed E-state index contributed by atoms with van der Waals surface area (Å²) in [6.07, 6.45) is 4.60. The van der Waals surface area contributed by atoms with Gasteiger partial charge in [0.15, 0.2) is 11.5 Å². The van der Waals surface area contributed by atoms with E-state index in [4.69, 9.17) is 4.74 Å². The normalized spacial score (nSPS) is 16.9. The van der Waals surface area contributed by atoms with E-state index in [0.29, 0.717) is 18.8 Å². The van der Waals surface area contributed by atoms with Crippen molar-refractivity contribution in [2.45, 2.75) is 40.0 Å². The van der Waals surface area contributed by atoms with Crippen LogP contribution in [0.5, 0.6) is 0 Å². The lowest BCUT2D eigenvalue weighted by atomic mass is 9.98. The van der Waals surface area contributed by atoms with Crippen LogP contribution in [0.3, 0.4) is 0 Å². The van der Waals surface area contributed by atoms with Crippen molar-refractivity contribution in [1.82, 2.24) is 0 Å². The predicted molar refractivity (Wildman–Crippen MR) is 56.9 cm³/mol. The molecule has 2 heteroatoms. The fraction of sp³-hybridized carbons (Fsp3) is 0.583. The highest BCUT2D eigenvalue weighted by molar-refractivity contribution is 5.94. The van der Waals surface area contributed by atoms with Crippen molar-refractivity contribution in [1.29, 1.82) is 0 Å². The molecule has 0 N–H and O–H groups in total. The monoisotopic (exact) mass is 194 g/mol. The van der Waals surface area contributed by atoms with Crippen LogP contribution in [0.15, 0.2) is 23.0 Å². The SMILES string of the molecule is CC(C)=CCOC1=C(C)CCCC1=O. The smallest absolute Gasteiger partial charge is 0.197 e. The summed E-state index contributed by atoms with van der Waals surface area (Å²) in [4.78, 5) is 11.5. The molecule has 1 rings (SSSR count). The number of hydrogen-bond acceptors (Lipinski definition) is 2. The highest BCUT2D eigenvalue weighted by atomic mass is 16.5. The number of Topliss-reactive ketones (excluding diaryl/α,β-unsaturated/α-hetero) is 1. The Balaban J connectivity index is 2.57. The summed E-state index contributed by atoms with van der Waals surface area (Å²) in [6, 6.07) is 0. The molecule has 2 nitrogen and oxygen atoms in total. The molecule has 0 aromatic rings. The molecule has 0 saturated heterocycles. The zero-order valence-corrected chi connectivity index (χ0v) is 9.22. The number of carbonyl (C=O) groups is 1. The number of allylic oxidation sites excluding steroid dienone is 3. The van der Waals surface area contributed by atoms with Crippen molar-refractivity contribution in [3.63, 3.8) is 0 Å². The number of ketones is 1. The van der Waals surface area contributed by atoms with Crippen LogP contribution in [-0.2, 0) is 9.53 Å². The summed E-state index contributed by atoms with van der Waals surface area (Å²) in [6.45, 7) is 6.54. The first-order valence-electron chi connectivity index (χ1n) is 5.10. The summed E-state index contributed by atoms with van der Waals surface area (Å²) in [5.41, 5.74) is 2.31. The van der Waals surface area contributed by atoms with Crippen LogP contribution in [0.1, 0.15) is 40.0 Å². The predicted octanol–water partition coefficient (Wildman–Crippen LogP) is 3.00. The topological polar surface area (TPSA) is 26.3 Å². The van der Waals surface area contributed by atoms with Gasteiger partial charge >= 0.3 is 0 Å². The number of ether oxygens (including phenoxy) is 1. The summed E-state index contributed by atoms with van der Waals surface area (Å²) in [7, 11) is 0. The van der Waals surface area contributed by atoms with E-state index in [1.807, 2.05) is 26.8 Å². The van der Waals surface area contributed by atoms with Crippen molar-refractivity contribution in [3.05, 3.63) is 23.0 Å². The van der Waals surface area contributed by atoms with Crippen LogP contribution < -0.4 is 0 Å². The number of rotatable bonds is 3. The maximum absolute atomic E-state index is 11.5. The van der Waals surface area contributed by atoms with Gasteiger partial charge in [0.2, 0.25) is 0 Å². The standard InChI is InChI=1S/C12H18O2/c1-9(2)7-8-14-12-10(3)5-4-6-11(12)13/h7H,4-6,8H2,1-3H3. The molecule has 0 aromatic carbocycles. The molecular weight excluding hydrogens is 176 g/mol. The van der Waals surface area contributed by atoms with E-state index in [0.717, 1.165) is 18.4 Å². The van der Waals surface area contributed by atoms with Crippen LogP contribution >= 0.6 is 0 Å². The molecule has 14 heavy (non-hydrogen) atoms. The molecule has 0 saturated carbocycles. The number of carbonyl (C=O) groups excluding carboxylic acids is 1. The average molecular weight is 194 g/mol. The van der Waals surface area contributed by atoms with Gasteiger partial charge in [-0.05, 0) is 45.3 Å². The summed E-state index contributed by atoms with van der Waals surface area (Å²) in [5.74, 6) is 0.768. The lowest BCUT2D eigenvalue weighted by Gasteiger charge is -2.16. The largest absolute Gasteiger partial charge is 0.486 e. The third-order valence-electron chi connectivity index (χ3n) is 2.32. The zero-order valence-electron chi connectivity index (χ0n) is 9.22. The third kappa shape index (κ3) is 3.02. The fourth-order valence-electron chi connectivity index (χ4n) is 1.47. The Morgan fingerprint density at radius 3 is 2.71 bits per heavy atom. The quantitative estimate of drug-likeness (QED) is 0.645. The molecule has 0 bridgehead atoms. The summed E-state index contributed by atoms with van der Waals surface area (Å²) >= 11 is 0. The van der Waals surface area contributed by atoms with Gasteiger partial charge in [-0.15, -0.1) is 0 Å². The molecule has 0 spiro atoms. The van der Waals surface area contributed by atoms with E-state index in [1.165, 1.54) is 5.57 Å². The molecule has 0 aromatic heterocycles. The number of hydrogen-bond donors (Lipinski definition) is 0. The second kappa shape index (κ2) is 4.99. The minimum absolute atomic E-state index is 0.163. The Kier molecular flexibility index (Phi) is 3.93. The highest BCUT2D eigenvalue weighted by Gasteiger charge is 2.18. The van der Waals surface area contributed by atoms with Gasteiger partial charge in [0, 0.05) is 6.42 Å². The molecule has 0 atom stereocenters. The van der Waals surface area contributed by atoms with E-state index >= 15 is 0 Å². The molecule has 0 aliphatic heterocycles. The Hall–Kier alpha value is -1.05. The molecule has 0 unspecified atom stereocenters. The molecule has 0 fully saturated rings. The minimum Gasteiger partial charge on any atom is -0.486 e. The Bertz CT molecular complexity index is 281. The van der Waals surface area contributed by atoms with Crippen molar-refractivity contribution < 1.29 is 9.53 Å². The van der Waals surface area contributed by atoms with Gasteiger partial charge in [-0.3, -0.25) is 4.79 Å². The molecule has 0 radical (unpaired) electrons. The van der Waals surface area contributed by atoms with Gasteiger partial charge in [0.05, 0.1) is 0 Å². The van der Waals surface area contributed by atoms with Crippen LogP contribution in [0.25, 0.3) is 0 Å². The minimum atomic E-state index is 0.163. The maximum atomic E-state index is 11.5. The van der Waals surface area contributed by atoms with Crippen molar-refractivity contribution in [2.75, 3.05) is 6.61 Å². The van der Waals surface area contributed by atoms with Gasteiger partial charge in [0.1, 0.15) is 6.61 Å². The maximum Gasteiger partial charge on any atom is 0.197 e. The van der Waals surface area contributed by atoms with E-state index in [-0.39, 0.29) is 5.78 Å². The molecule has 0 heterocycles. The van der Waals surface area contributed by atoms with Crippen molar-refractivity contribution in [3.8, 4) is 0 Å².